The molecule has 2 N–H and O–H groups in total. The minimum Gasteiger partial charge on any atom is -0.352 e. The van der Waals surface area contributed by atoms with Crippen LogP contribution in [-0.2, 0) is 4.79 Å². The molecule has 2 amide bonds. The maximum absolute atomic E-state index is 12.5. The molecule has 2 aromatic rings. The molecule has 0 unspecified atom stereocenters. The van der Waals surface area contributed by atoms with Crippen molar-refractivity contribution in [2.45, 2.75) is 30.9 Å². The largest absolute Gasteiger partial charge is 0.352 e. The molecule has 0 heterocycles. The molecule has 0 saturated carbocycles. The molecule has 1 atom stereocenters. The van der Waals surface area contributed by atoms with Crippen molar-refractivity contribution in [2.24, 2.45) is 5.92 Å². The van der Waals surface area contributed by atoms with E-state index in [4.69, 9.17) is 11.6 Å². The molecule has 0 aliphatic rings. The first kappa shape index (κ1) is 20.3. The van der Waals surface area contributed by atoms with Crippen LogP contribution >= 0.6 is 23.4 Å². The number of carbonyl (C=O) groups is 2. The van der Waals surface area contributed by atoms with Gasteiger partial charge in [-0.25, -0.2) is 0 Å². The molecule has 4 nitrogen and oxygen atoms in total. The van der Waals surface area contributed by atoms with Gasteiger partial charge in [0.25, 0.3) is 5.91 Å². The predicted octanol–water partition coefficient (Wildman–Crippen LogP) is 4.85. The lowest BCUT2D eigenvalue weighted by Gasteiger charge is -2.15. The van der Waals surface area contributed by atoms with E-state index in [1.54, 1.807) is 36.4 Å². The number of rotatable bonds is 7. The number of halogens is 1. The molecule has 26 heavy (non-hydrogen) atoms. The molecule has 0 saturated heterocycles. The Kier molecular flexibility index (Phi) is 7.54. The number of hydrogen-bond donors (Lipinski definition) is 2. The van der Waals surface area contributed by atoms with Gasteiger partial charge in [-0.3, -0.25) is 9.59 Å². The van der Waals surface area contributed by atoms with Crippen molar-refractivity contribution < 1.29 is 9.59 Å². The molecule has 138 valence electrons. The first-order chi connectivity index (χ1) is 12.4. The maximum atomic E-state index is 12.5. The zero-order chi connectivity index (χ0) is 19.1. The second kappa shape index (κ2) is 9.64. The van der Waals surface area contributed by atoms with Crippen LogP contribution in [0.1, 0.15) is 31.1 Å². The molecule has 6 heteroatoms. The van der Waals surface area contributed by atoms with Crippen LogP contribution in [0.5, 0.6) is 0 Å². The van der Waals surface area contributed by atoms with Gasteiger partial charge in [0.1, 0.15) is 0 Å². The third-order valence-corrected chi connectivity index (χ3v) is 4.96. The van der Waals surface area contributed by atoms with E-state index in [0.29, 0.717) is 28.7 Å². The number of anilines is 1. The number of amides is 2. The Morgan fingerprint density at radius 3 is 2.35 bits per heavy atom. The molecule has 0 spiro atoms. The summed E-state index contributed by atoms with van der Waals surface area (Å²) in [4.78, 5) is 25.9. The molecule has 0 aliphatic heterocycles. The van der Waals surface area contributed by atoms with Crippen LogP contribution in [0.15, 0.2) is 53.4 Å². The Balaban J connectivity index is 2.04. The normalized spacial score (nSPS) is 11.9. The van der Waals surface area contributed by atoms with Crippen molar-refractivity contribution in [3.05, 3.63) is 59.1 Å². The van der Waals surface area contributed by atoms with Gasteiger partial charge in [0, 0.05) is 16.5 Å². The monoisotopic (exact) mass is 390 g/mol. The number of carbonyl (C=O) groups excluding carboxylic acids is 2. The third-order valence-electron chi connectivity index (χ3n) is 3.60. The lowest BCUT2D eigenvalue weighted by molar-refractivity contribution is -0.115. The maximum Gasteiger partial charge on any atom is 0.253 e. The third kappa shape index (κ3) is 6.07. The van der Waals surface area contributed by atoms with Gasteiger partial charge >= 0.3 is 0 Å². The van der Waals surface area contributed by atoms with Crippen LogP contribution in [0.3, 0.4) is 0 Å². The summed E-state index contributed by atoms with van der Waals surface area (Å²) in [6.07, 6.45) is 0. The standard InChI is InChI=1S/C20H23ClN2O2S/c1-13(2)12-22-20(25)17-6-4-5-7-18(17)23-19(24)14(3)26-16-10-8-15(21)9-11-16/h4-11,13-14H,12H2,1-3H3,(H,22,25)(H,23,24)/t14-/m1/s1. The smallest absolute Gasteiger partial charge is 0.253 e. The van der Waals surface area contributed by atoms with Crippen molar-refractivity contribution in [2.75, 3.05) is 11.9 Å². The minimum absolute atomic E-state index is 0.158. The topological polar surface area (TPSA) is 58.2 Å². The van der Waals surface area contributed by atoms with Crippen LogP contribution in [-0.4, -0.2) is 23.6 Å². The Morgan fingerprint density at radius 2 is 1.69 bits per heavy atom. The van der Waals surface area contributed by atoms with Crippen molar-refractivity contribution in [3.8, 4) is 0 Å². The van der Waals surface area contributed by atoms with E-state index in [2.05, 4.69) is 10.6 Å². The van der Waals surface area contributed by atoms with Crippen molar-refractivity contribution in [1.29, 1.82) is 0 Å². The first-order valence-corrected chi connectivity index (χ1v) is 9.73. The van der Waals surface area contributed by atoms with Crippen molar-refractivity contribution in [3.63, 3.8) is 0 Å². The van der Waals surface area contributed by atoms with Crippen LogP contribution in [0.2, 0.25) is 5.02 Å². The van der Waals surface area contributed by atoms with Gasteiger partial charge in [-0.1, -0.05) is 37.6 Å². The van der Waals surface area contributed by atoms with Gasteiger partial charge in [-0.15, -0.1) is 11.8 Å². The van der Waals surface area contributed by atoms with Crippen LogP contribution in [0.4, 0.5) is 5.69 Å². The molecule has 0 fully saturated rings. The lowest BCUT2D eigenvalue weighted by atomic mass is 10.1. The van der Waals surface area contributed by atoms with Gasteiger partial charge in [0.15, 0.2) is 0 Å². The summed E-state index contributed by atoms with van der Waals surface area (Å²) >= 11 is 7.32. The molecule has 0 bridgehead atoms. The minimum atomic E-state index is -0.317. The van der Waals surface area contributed by atoms with Gasteiger partial charge in [0.05, 0.1) is 16.5 Å². The van der Waals surface area contributed by atoms with Crippen LogP contribution < -0.4 is 10.6 Å². The fourth-order valence-electron chi connectivity index (χ4n) is 2.19. The number of hydrogen-bond acceptors (Lipinski definition) is 3. The fraction of sp³-hybridized carbons (Fsp3) is 0.300. The number of thioether (sulfide) groups is 1. The summed E-state index contributed by atoms with van der Waals surface area (Å²) in [5.74, 6) is 0.0122. The van der Waals surface area contributed by atoms with Crippen LogP contribution in [0, 0.1) is 5.92 Å². The highest BCUT2D eigenvalue weighted by Gasteiger charge is 2.18. The highest BCUT2D eigenvalue weighted by molar-refractivity contribution is 8.00. The molecule has 0 radical (unpaired) electrons. The van der Waals surface area contributed by atoms with E-state index >= 15 is 0 Å². The van der Waals surface area contributed by atoms with E-state index in [0.717, 1.165) is 4.90 Å². The zero-order valence-electron chi connectivity index (χ0n) is 15.1. The average Bonchev–Trinajstić information content (AvgIpc) is 2.62. The van der Waals surface area contributed by atoms with Crippen molar-refractivity contribution >= 4 is 40.9 Å². The quantitative estimate of drug-likeness (QED) is 0.664. The second-order valence-electron chi connectivity index (χ2n) is 6.35. The summed E-state index contributed by atoms with van der Waals surface area (Å²) in [6.45, 7) is 6.48. The summed E-state index contributed by atoms with van der Waals surface area (Å²) in [5.41, 5.74) is 0.979. The molecular formula is C20H23ClN2O2S. The highest BCUT2D eigenvalue weighted by Crippen LogP contribution is 2.26. The summed E-state index contributed by atoms with van der Waals surface area (Å²) in [5, 5.41) is 6.09. The Morgan fingerprint density at radius 1 is 1.04 bits per heavy atom. The van der Waals surface area contributed by atoms with Gasteiger partial charge in [0.2, 0.25) is 5.91 Å². The van der Waals surface area contributed by atoms with E-state index in [1.165, 1.54) is 11.8 Å². The van der Waals surface area contributed by atoms with E-state index in [-0.39, 0.29) is 17.1 Å². The summed E-state index contributed by atoms with van der Waals surface area (Å²) in [6, 6.07) is 14.4. The predicted molar refractivity (Wildman–Crippen MR) is 109 cm³/mol. The summed E-state index contributed by atoms with van der Waals surface area (Å²) < 4.78 is 0. The van der Waals surface area contributed by atoms with Crippen LogP contribution in [0.25, 0.3) is 0 Å². The molecular weight excluding hydrogens is 368 g/mol. The molecule has 0 aromatic heterocycles. The van der Waals surface area contributed by atoms with Gasteiger partial charge < -0.3 is 10.6 Å². The summed E-state index contributed by atoms with van der Waals surface area (Å²) in [7, 11) is 0. The number of nitrogens with one attached hydrogen (secondary N) is 2. The fourth-order valence-corrected chi connectivity index (χ4v) is 3.18. The van der Waals surface area contributed by atoms with Gasteiger partial charge in [-0.2, -0.15) is 0 Å². The highest BCUT2D eigenvalue weighted by atomic mass is 35.5. The SMILES string of the molecule is CC(C)CNC(=O)c1ccccc1NC(=O)[C@@H](C)Sc1ccc(Cl)cc1. The van der Waals surface area contributed by atoms with E-state index in [9.17, 15) is 9.59 Å². The van der Waals surface area contributed by atoms with E-state index < -0.39 is 0 Å². The Bertz CT molecular complexity index is 763. The molecule has 2 rings (SSSR count). The first-order valence-electron chi connectivity index (χ1n) is 8.47. The lowest BCUT2D eigenvalue weighted by Crippen LogP contribution is -2.29. The number of benzene rings is 2. The average molecular weight is 391 g/mol. The second-order valence-corrected chi connectivity index (χ2v) is 8.20. The Labute approximate surface area is 163 Å². The molecule has 0 aliphatic carbocycles. The Hall–Kier alpha value is -1.98. The molecule has 2 aromatic carbocycles. The van der Waals surface area contributed by atoms with E-state index in [1.807, 2.05) is 32.9 Å². The van der Waals surface area contributed by atoms with Crippen molar-refractivity contribution in [1.82, 2.24) is 5.32 Å². The zero-order valence-corrected chi connectivity index (χ0v) is 16.7. The number of para-hydroxylation sites is 1. The van der Waals surface area contributed by atoms with Gasteiger partial charge in [-0.05, 0) is 49.2 Å².